The van der Waals surface area contributed by atoms with Crippen molar-refractivity contribution >= 4 is 15.7 Å². The molecule has 1 heterocycles. The number of hydrogen-bond donors (Lipinski definition) is 0. The van der Waals surface area contributed by atoms with Crippen LogP contribution in [0.3, 0.4) is 0 Å². The molecule has 1 saturated heterocycles. The molecule has 140 valence electrons. The number of carbonyl (C=O) groups is 1. The fraction of sp³-hybridized carbons (Fsp3) is 0.533. The molecular formula is C15H20F2N2O5S. The van der Waals surface area contributed by atoms with Crippen molar-refractivity contribution in [2.24, 2.45) is 0 Å². The van der Waals surface area contributed by atoms with Gasteiger partial charge in [-0.3, -0.25) is 9.80 Å². The number of hydrogen-bond acceptors (Lipinski definition) is 6. The highest BCUT2D eigenvalue weighted by Gasteiger charge is 2.36. The Morgan fingerprint density at radius 3 is 2.44 bits per heavy atom. The molecule has 1 aliphatic rings. The maximum atomic E-state index is 12.8. The summed E-state index contributed by atoms with van der Waals surface area (Å²) >= 11 is 0. The van der Waals surface area contributed by atoms with Crippen molar-refractivity contribution in [1.29, 1.82) is 0 Å². The molecule has 1 aromatic rings. The van der Waals surface area contributed by atoms with Gasteiger partial charge in [0.05, 0.1) is 24.7 Å². The number of benzene rings is 1. The average molecular weight is 378 g/mol. The van der Waals surface area contributed by atoms with Crippen LogP contribution in [0.25, 0.3) is 0 Å². The van der Waals surface area contributed by atoms with E-state index in [-0.39, 0.29) is 28.6 Å². The van der Waals surface area contributed by atoms with Gasteiger partial charge in [-0.2, -0.15) is 8.78 Å². The van der Waals surface area contributed by atoms with Gasteiger partial charge < -0.3 is 9.47 Å². The molecular weight excluding hydrogens is 358 g/mol. The zero-order valence-corrected chi connectivity index (χ0v) is 14.9. The quantitative estimate of drug-likeness (QED) is 0.697. The Bertz CT molecular complexity index is 739. The molecule has 0 bridgehead atoms. The van der Waals surface area contributed by atoms with Crippen LogP contribution in [0.4, 0.5) is 8.78 Å². The van der Waals surface area contributed by atoms with Crippen molar-refractivity contribution in [3.8, 4) is 11.5 Å². The summed E-state index contributed by atoms with van der Waals surface area (Å²) < 4.78 is 57.5. The van der Waals surface area contributed by atoms with Crippen LogP contribution in [0.2, 0.25) is 0 Å². The molecule has 25 heavy (non-hydrogen) atoms. The molecule has 0 aliphatic carbocycles. The molecule has 0 unspecified atom stereocenters. The van der Waals surface area contributed by atoms with E-state index in [1.807, 2.05) is 0 Å². The second-order valence-electron chi connectivity index (χ2n) is 5.80. The Labute approximate surface area is 145 Å². The minimum absolute atomic E-state index is 0.0103. The second-order valence-corrected chi connectivity index (χ2v) is 8.03. The topological polar surface area (TPSA) is 76.2 Å². The monoisotopic (exact) mass is 378 g/mol. The third-order valence-corrected chi connectivity index (χ3v) is 5.57. The largest absolute Gasteiger partial charge is 0.493 e. The number of sulfone groups is 1. The molecule has 1 aliphatic heterocycles. The van der Waals surface area contributed by atoms with Gasteiger partial charge in [-0.15, -0.1) is 0 Å². The smallest absolute Gasteiger partial charge is 0.387 e. The van der Waals surface area contributed by atoms with Crippen LogP contribution in [-0.2, 0) is 9.84 Å². The Hall–Kier alpha value is -1.94. The number of nitrogens with zero attached hydrogens (tertiary/aromatic N) is 2. The van der Waals surface area contributed by atoms with Crippen molar-refractivity contribution in [1.82, 2.24) is 10.0 Å². The Balaban J connectivity index is 2.30. The summed E-state index contributed by atoms with van der Waals surface area (Å²) in [6.07, 6.45) is 0.343. The molecule has 1 atom stereocenters. The van der Waals surface area contributed by atoms with Crippen molar-refractivity contribution in [3.63, 3.8) is 0 Å². The molecule has 0 aromatic heterocycles. The minimum Gasteiger partial charge on any atom is -0.493 e. The summed E-state index contributed by atoms with van der Waals surface area (Å²) in [6.45, 7) is -3.02. The molecule has 0 N–H and O–H groups in total. The number of hydrazine groups is 1. The fourth-order valence-electron chi connectivity index (χ4n) is 2.77. The maximum Gasteiger partial charge on any atom is 0.387 e. The van der Waals surface area contributed by atoms with Crippen LogP contribution >= 0.6 is 0 Å². The lowest BCUT2D eigenvalue weighted by Crippen LogP contribution is -2.49. The molecule has 1 fully saturated rings. The molecule has 2 rings (SSSR count). The van der Waals surface area contributed by atoms with E-state index in [2.05, 4.69) is 4.74 Å². The zero-order valence-electron chi connectivity index (χ0n) is 14.1. The predicted octanol–water partition coefficient (Wildman–Crippen LogP) is 1.40. The third kappa shape index (κ3) is 4.57. The molecule has 0 spiro atoms. The average Bonchev–Trinajstić information content (AvgIpc) is 2.86. The lowest BCUT2D eigenvalue weighted by Gasteiger charge is -2.33. The van der Waals surface area contributed by atoms with Crippen LogP contribution in [0, 0.1) is 0 Å². The van der Waals surface area contributed by atoms with Gasteiger partial charge in [0.2, 0.25) is 0 Å². The first kappa shape index (κ1) is 19.4. The van der Waals surface area contributed by atoms with Gasteiger partial charge in [0.1, 0.15) is 0 Å². The Morgan fingerprint density at radius 2 is 1.96 bits per heavy atom. The SMILES string of the molecule is COc1cc(C(=O)N([C@H]2CCS(=O)(=O)C2)N(C)C)ccc1OC(F)F. The molecule has 0 saturated carbocycles. The number of methoxy groups -OCH3 is 1. The summed E-state index contributed by atoms with van der Waals surface area (Å²) in [5.74, 6) is -0.729. The zero-order chi connectivity index (χ0) is 18.8. The van der Waals surface area contributed by atoms with E-state index in [0.29, 0.717) is 6.42 Å². The standard InChI is InChI=1S/C15H20F2N2O5S/c1-18(2)19(11-6-7-25(21,22)9-11)14(20)10-4-5-12(24-15(16)17)13(8-10)23-3/h4-5,8,11,15H,6-7,9H2,1-3H3/t11-/m0/s1. The number of ether oxygens (including phenoxy) is 2. The highest BCUT2D eigenvalue weighted by molar-refractivity contribution is 7.91. The van der Waals surface area contributed by atoms with E-state index in [9.17, 15) is 22.0 Å². The number of rotatable bonds is 6. The number of carbonyl (C=O) groups excluding carboxylic acids is 1. The molecule has 7 nitrogen and oxygen atoms in total. The highest BCUT2D eigenvalue weighted by Crippen LogP contribution is 2.30. The Kier molecular flexibility index (Phi) is 5.83. The number of alkyl halides is 2. The van der Waals surface area contributed by atoms with Gasteiger partial charge in [0, 0.05) is 19.7 Å². The van der Waals surface area contributed by atoms with Gasteiger partial charge >= 0.3 is 6.61 Å². The van der Waals surface area contributed by atoms with Crippen LogP contribution in [0.5, 0.6) is 11.5 Å². The molecule has 10 heteroatoms. The highest BCUT2D eigenvalue weighted by atomic mass is 32.2. The van der Waals surface area contributed by atoms with E-state index >= 15 is 0 Å². The fourth-order valence-corrected chi connectivity index (χ4v) is 4.46. The number of amides is 1. The van der Waals surface area contributed by atoms with E-state index < -0.39 is 28.4 Å². The van der Waals surface area contributed by atoms with Crippen molar-refractivity contribution in [2.75, 3.05) is 32.7 Å². The van der Waals surface area contributed by atoms with E-state index in [1.165, 1.54) is 35.3 Å². The first-order valence-corrected chi connectivity index (χ1v) is 9.31. The van der Waals surface area contributed by atoms with Crippen molar-refractivity contribution in [3.05, 3.63) is 23.8 Å². The first-order chi connectivity index (χ1) is 11.6. The number of halogens is 2. The van der Waals surface area contributed by atoms with Gasteiger partial charge in [0.25, 0.3) is 5.91 Å². The second kappa shape index (κ2) is 7.52. The summed E-state index contributed by atoms with van der Waals surface area (Å²) in [5, 5.41) is 2.87. The van der Waals surface area contributed by atoms with Crippen molar-refractivity contribution in [2.45, 2.75) is 19.1 Å². The summed E-state index contributed by atoms with van der Waals surface area (Å²) in [6, 6.07) is 3.37. The summed E-state index contributed by atoms with van der Waals surface area (Å²) in [7, 11) is 1.37. The van der Waals surface area contributed by atoms with E-state index in [4.69, 9.17) is 4.74 Å². The van der Waals surface area contributed by atoms with E-state index in [0.717, 1.165) is 0 Å². The summed E-state index contributed by atoms with van der Waals surface area (Å²) in [4.78, 5) is 12.8. The van der Waals surface area contributed by atoms with Crippen molar-refractivity contribution < 1.29 is 31.5 Å². The lowest BCUT2D eigenvalue weighted by molar-refractivity contribution is -0.0512. The van der Waals surface area contributed by atoms with Gasteiger partial charge in [-0.25, -0.2) is 13.4 Å². The van der Waals surface area contributed by atoms with Crippen LogP contribution in [-0.4, -0.2) is 69.7 Å². The van der Waals surface area contributed by atoms with Crippen LogP contribution in [0.1, 0.15) is 16.8 Å². The molecule has 1 aromatic carbocycles. The van der Waals surface area contributed by atoms with Crippen LogP contribution in [0.15, 0.2) is 18.2 Å². The molecule has 0 radical (unpaired) electrons. The molecule has 1 amide bonds. The normalized spacial score (nSPS) is 19.2. The first-order valence-electron chi connectivity index (χ1n) is 7.48. The lowest BCUT2D eigenvalue weighted by atomic mass is 10.1. The minimum atomic E-state index is -3.17. The van der Waals surface area contributed by atoms with Gasteiger partial charge in [-0.1, -0.05) is 0 Å². The van der Waals surface area contributed by atoms with Crippen LogP contribution < -0.4 is 9.47 Å². The maximum absolute atomic E-state index is 12.8. The third-order valence-electron chi connectivity index (χ3n) is 3.82. The van der Waals surface area contributed by atoms with E-state index in [1.54, 1.807) is 14.1 Å². The Morgan fingerprint density at radius 1 is 1.28 bits per heavy atom. The summed E-state index contributed by atoms with van der Waals surface area (Å²) in [5.41, 5.74) is 0.177. The van der Waals surface area contributed by atoms with Gasteiger partial charge in [-0.05, 0) is 24.6 Å². The predicted molar refractivity (Wildman–Crippen MR) is 86.5 cm³/mol. The van der Waals surface area contributed by atoms with Gasteiger partial charge in [0.15, 0.2) is 21.3 Å².